The molecular formula is C11H19N3O2S2. The second-order valence-electron chi connectivity index (χ2n) is 4.04. The van der Waals surface area contributed by atoms with Gasteiger partial charge in [0.2, 0.25) is 10.0 Å². The highest BCUT2D eigenvalue weighted by molar-refractivity contribution is 7.99. The second kappa shape index (κ2) is 6.31. The number of hydrogen-bond acceptors (Lipinski definition) is 5. The first kappa shape index (κ1) is 15.1. The average Bonchev–Trinajstić information content (AvgIpc) is 2.24. The highest BCUT2D eigenvalue weighted by Gasteiger charge is 2.11. The van der Waals surface area contributed by atoms with E-state index >= 15 is 0 Å². The summed E-state index contributed by atoms with van der Waals surface area (Å²) in [5.74, 6) is 1.99. The van der Waals surface area contributed by atoms with Gasteiger partial charge in [-0.2, -0.15) is 11.8 Å². The minimum Gasteiger partial charge on any atom is -0.399 e. The molecule has 0 aromatic heterocycles. The maximum Gasteiger partial charge on any atom is 0.238 e. The van der Waals surface area contributed by atoms with Gasteiger partial charge in [-0.15, -0.1) is 0 Å². The van der Waals surface area contributed by atoms with Gasteiger partial charge < -0.3 is 11.1 Å². The zero-order valence-corrected chi connectivity index (χ0v) is 12.1. The Labute approximate surface area is 112 Å². The minimum atomic E-state index is -3.73. The number of nitrogen functional groups attached to an aromatic ring is 1. The summed E-state index contributed by atoms with van der Waals surface area (Å²) in [5, 5.41) is 8.30. The van der Waals surface area contributed by atoms with E-state index in [0.29, 0.717) is 11.4 Å². The molecule has 18 heavy (non-hydrogen) atoms. The van der Waals surface area contributed by atoms with Crippen LogP contribution in [0.2, 0.25) is 0 Å². The molecule has 0 radical (unpaired) electrons. The molecule has 1 aromatic carbocycles. The Morgan fingerprint density at radius 2 is 2.06 bits per heavy atom. The third kappa shape index (κ3) is 4.75. The molecule has 102 valence electrons. The molecule has 0 fully saturated rings. The molecule has 0 saturated heterocycles. The summed E-state index contributed by atoms with van der Waals surface area (Å²) in [7, 11) is -3.73. The molecule has 1 atom stereocenters. The molecule has 0 aliphatic heterocycles. The lowest BCUT2D eigenvalue weighted by Crippen LogP contribution is -2.19. The fraction of sp³-hybridized carbons (Fsp3) is 0.455. The highest BCUT2D eigenvalue weighted by Crippen LogP contribution is 2.20. The Bertz CT molecular complexity index is 503. The van der Waals surface area contributed by atoms with Gasteiger partial charge in [0.15, 0.2) is 0 Å². The van der Waals surface area contributed by atoms with Gasteiger partial charge in [0, 0.05) is 23.2 Å². The van der Waals surface area contributed by atoms with E-state index in [-0.39, 0.29) is 10.9 Å². The molecule has 0 spiro atoms. The maximum absolute atomic E-state index is 11.3. The molecule has 7 heteroatoms. The van der Waals surface area contributed by atoms with Crippen LogP contribution >= 0.6 is 11.8 Å². The van der Waals surface area contributed by atoms with Crippen molar-refractivity contribution in [2.75, 3.05) is 22.6 Å². The van der Waals surface area contributed by atoms with E-state index in [4.69, 9.17) is 10.9 Å². The van der Waals surface area contributed by atoms with Crippen molar-refractivity contribution in [3.8, 4) is 0 Å². The molecular weight excluding hydrogens is 270 g/mol. The van der Waals surface area contributed by atoms with E-state index in [0.717, 1.165) is 11.5 Å². The van der Waals surface area contributed by atoms with Crippen LogP contribution in [-0.2, 0) is 10.0 Å². The molecule has 1 rings (SSSR count). The van der Waals surface area contributed by atoms with Gasteiger partial charge in [0.25, 0.3) is 0 Å². The van der Waals surface area contributed by atoms with Gasteiger partial charge in [-0.3, -0.25) is 0 Å². The highest BCUT2D eigenvalue weighted by atomic mass is 32.2. The quantitative estimate of drug-likeness (QED) is 0.689. The number of sulfonamides is 1. The summed E-state index contributed by atoms with van der Waals surface area (Å²) in [5.41, 5.74) is 6.71. The maximum atomic E-state index is 11.3. The van der Waals surface area contributed by atoms with Crippen molar-refractivity contribution in [3.05, 3.63) is 18.2 Å². The number of benzene rings is 1. The van der Waals surface area contributed by atoms with Crippen LogP contribution < -0.4 is 16.2 Å². The molecule has 5 nitrogen and oxygen atoms in total. The van der Waals surface area contributed by atoms with Crippen molar-refractivity contribution >= 4 is 33.2 Å². The predicted molar refractivity (Wildman–Crippen MR) is 78.3 cm³/mol. The summed E-state index contributed by atoms with van der Waals surface area (Å²) < 4.78 is 22.6. The van der Waals surface area contributed by atoms with Gasteiger partial charge in [0.1, 0.15) is 0 Å². The molecule has 0 heterocycles. The van der Waals surface area contributed by atoms with E-state index < -0.39 is 10.0 Å². The SMILES string of the molecule is CCSCC(C)Nc1cc(N)cc(S(N)(=O)=O)c1. The van der Waals surface area contributed by atoms with Crippen LogP contribution in [0.5, 0.6) is 0 Å². The Morgan fingerprint density at radius 1 is 1.39 bits per heavy atom. The summed E-state index contributed by atoms with van der Waals surface area (Å²) in [6, 6.07) is 4.78. The first-order chi connectivity index (χ1) is 8.32. The minimum absolute atomic E-state index is 0.0281. The number of hydrogen-bond donors (Lipinski definition) is 3. The van der Waals surface area contributed by atoms with Crippen LogP contribution in [0.4, 0.5) is 11.4 Å². The molecule has 0 aliphatic carbocycles. The van der Waals surface area contributed by atoms with E-state index in [1.54, 1.807) is 6.07 Å². The van der Waals surface area contributed by atoms with Crippen molar-refractivity contribution < 1.29 is 8.42 Å². The van der Waals surface area contributed by atoms with Gasteiger partial charge in [0.05, 0.1) is 4.90 Å². The van der Waals surface area contributed by atoms with Crippen molar-refractivity contribution in [2.45, 2.75) is 24.8 Å². The van der Waals surface area contributed by atoms with E-state index in [2.05, 4.69) is 12.2 Å². The molecule has 0 amide bonds. The molecule has 5 N–H and O–H groups in total. The summed E-state index contributed by atoms with van der Waals surface area (Å²) >= 11 is 1.81. The Balaban J connectivity index is 2.87. The van der Waals surface area contributed by atoms with Gasteiger partial charge in [-0.25, -0.2) is 13.6 Å². The third-order valence-electron chi connectivity index (χ3n) is 2.24. The van der Waals surface area contributed by atoms with Crippen LogP contribution in [0.1, 0.15) is 13.8 Å². The molecule has 1 aromatic rings. The lowest BCUT2D eigenvalue weighted by Gasteiger charge is -2.15. The number of nitrogens with two attached hydrogens (primary N) is 2. The van der Waals surface area contributed by atoms with Crippen LogP contribution in [-0.4, -0.2) is 26.0 Å². The van der Waals surface area contributed by atoms with Crippen LogP contribution in [0, 0.1) is 0 Å². The summed E-state index contributed by atoms with van der Waals surface area (Å²) in [4.78, 5) is 0.0281. The smallest absolute Gasteiger partial charge is 0.238 e. The number of thioether (sulfide) groups is 1. The second-order valence-corrected chi connectivity index (χ2v) is 6.92. The fourth-order valence-corrected chi connectivity index (χ4v) is 2.75. The monoisotopic (exact) mass is 289 g/mol. The molecule has 1 unspecified atom stereocenters. The lowest BCUT2D eigenvalue weighted by atomic mass is 10.2. The standard InChI is InChI=1S/C11H19N3O2S2/c1-3-17-7-8(2)14-10-4-9(12)5-11(6-10)18(13,15)16/h4-6,8,14H,3,7,12H2,1-2H3,(H2,13,15,16). The van der Waals surface area contributed by atoms with Crippen LogP contribution in [0.25, 0.3) is 0 Å². The predicted octanol–water partition coefficient (Wildman–Crippen LogP) is 1.47. The zero-order valence-electron chi connectivity index (χ0n) is 10.5. The Kier molecular flexibility index (Phi) is 5.30. The summed E-state index contributed by atoms with van der Waals surface area (Å²) in [6.07, 6.45) is 0. The zero-order chi connectivity index (χ0) is 13.8. The van der Waals surface area contributed by atoms with Crippen LogP contribution in [0.3, 0.4) is 0 Å². The van der Waals surface area contributed by atoms with Crippen LogP contribution in [0.15, 0.2) is 23.1 Å². The molecule has 0 bridgehead atoms. The normalized spacial score (nSPS) is 13.3. The topological polar surface area (TPSA) is 98.2 Å². The van der Waals surface area contributed by atoms with E-state index in [9.17, 15) is 8.42 Å². The molecule has 0 saturated carbocycles. The number of nitrogens with one attached hydrogen (secondary N) is 1. The third-order valence-corrected chi connectivity index (χ3v) is 4.28. The largest absolute Gasteiger partial charge is 0.399 e. The average molecular weight is 289 g/mol. The van der Waals surface area contributed by atoms with Crippen molar-refractivity contribution in [3.63, 3.8) is 0 Å². The van der Waals surface area contributed by atoms with Gasteiger partial charge >= 0.3 is 0 Å². The van der Waals surface area contributed by atoms with E-state index in [1.165, 1.54) is 12.1 Å². The number of primary sulfonamides is 1. The first-order valence-corrected chi connectivity index (χ1v) is 8.30. The summed E-state index contributed by atoms with van der Waals surface area (Å²) in [6.45, 7) is 4.12. The van der Waals surface area contributed by atoms with Crippen molar-refractivity contribution in [1.82, 2.24) is 0 Å². The Morgan fingerprint density at radius 3 is 2.61 bits per heavy atom. The lowest BCUT2D eigenvalue weighted by molar-refractivity contribution is 0.598. The Hall–Kier alpha value is -0.920. The van der Waals surface area contributed by atoms with Gasteiger partial charge in [-0.1, -0.05) is 6.92 Å². The number of anilines is 2. The fourth-order valence-electron chi connectivity index (χ4n) is 1.49. The molecule has 0 aliphatic rings. The van der Waals surface area contributed by atoms with Crippen molar-refractivity contribution in [1.29, 1.82) is 0 Å². The first-order valence-electron chi connectivity index (χ1n) is 5.60. The van der Waals surface area contributed by atoms with E-state index in [1.807, 2.05) is 18.7 Å². The number of rotatable bonds is 6. The van der Waals surface area contributed by atoms with Crippen molar-refractivity contribution in [2.24, 2.45) is 5.14 Å². The van der Waals surface area contributed by atoms with Gasteiger partial charge in [-0.05, 0) is 30.9 Å².